The number of fused-ring (bicyclic) bond motifs is 1. The van der Waals surface area contributed by atoms with Crippen LogP contribution in [0.3, 0.4) is 0 Å². The van der Waals surface area contributed by atoms with Gasteiger partial charge in [-0.3, -0.25) is 14.5 Å². The van der Waals surface area contributed by atoms with Crippen LogP contribution in [0.15, 0.2) is 73.1 Å². The van der Waals surface area contributed by atoms with Crippen molar-refractivity contribution in [3.63, 3.8) is 0 Å². The van der Waals surface area contributed by atoms with Gasteiger partial charge in [0.25, 0.3) is 5.91 Å². The highest BCUT2D eigenvalue weighted by Gasteiger charge is 2.25. The molecular weight excluding hydrogens is 526 g/mol. The zero-order valence-corrected chi connectivity index (χ0v) is 24.3. The standard InChI is InChI=1S/C34H39N5O3/c1-36-16-18-37(19-17-36)22-25-4-8-29(9-5-25)34(42)38-13-10-27(11-14-38)31-20-30-12-15-39(33(30)35-21-31)23-26-2-6-28(7-3-26)32(41)24-40/h2-9,12,15,20-21,27,40H,10-11,13-14,16-19,22-24H2,1H3. The normalized spacial score (nSPS) is 17.1. The van der Waals surface area contributed by atoms with Crippen molar-refractivity contribution in [3.8, 4) is 0 Å². The Balaban J connectivity index is 1.03. The van der Waals surface area contributed by atoms with Gasteiger partial charge in [0.1, 0.15) is 12.3 Å². The van der Waals surface area contributed by atoms with E-state index in [0.717, 1.165) is 80.8 Å². The quantitative estimate of drug-likeness (QED) is 0.325. The number of benzene rings is 2. The third kappa shape index (κ3) is 6.31. The summed E-state index contributed by atoms with van der Waals surface area (Å²) < 4.78 is 2.11. The molecule has 2 aromatic carbocycles. The number of pyridine rings is 1. The average molecular weight is 566 g/mol. The third-order valence-corrected chi connectivity index (χ3v) is 8.85. The number of carbonyl (C=O) groups excluding carboxylic acids is 2. The Kier molecular flexibility index (Phi) is 8.46. The second-order valence-corrected chi connectivity index (χ2v) is 11.7. The number of likely N-dealkylation sites (N-methyl/N-ethyl adjacent to an activating group) is 1. The number of hydrogen-bond donors (Lipinski definition) is 1. The van der Waals surface area contributed by atoms with Gasteiger partial charge in [-0.1, -0.05) is 36.4 Å². The van der Waals surface area contributed by atoms with E-state index in [2.05, 4.69) is 45.7 Å². The summed E-state index contributed by atoms with van der Waals surface area (Å²) in [6.45, 7) is 7.01. The Morgan fingerprint density at radius 1 is 0.833 bits per heavy atom. The van der Waals surface area contributed by atoms with Gasteiger partial charge in [-0.2, -0.15) is 0 Å². The number of Topliss-reactive ketones (excluding diaryl/α,β-unsaturated/α-hetero) is 1. The van der Waals surface area contributed by atoms with Crippen molar-refractivity contribution in [2.75, 3.05) is 52.9 Å². The molecule has 2 fully saturated rings. The highest BCUT2D eigenvalue weighted by molar-refractivity contribution is 5.97. The Bertz CT molecular complexity index is 1530. The molecule has 0 unspecified atom stereocenters. The number of carbonyl (C=O) groups is 2. The Morgan fingerprint density at radius 3 is 2.14 bits per heavy atom. The zero-order chi connectivity index (χ0) is 29.1. The van der Waals surface area contributed by atoms with E-state index in [1.165, 1.54) is 11.1 Å². The minimum absolute atomic E-state index is 0.124. The van der Waals surface area contributed by atoms with E-state index in [9.17, 15) is 9.59 Å². The van der Waals surface area contributed by atoms with Crippen molar-refractivity contribution in [2.45, 2.75) is 31.8 Å². The fourth-order valence-corrected chi connectivity index (χ4v) is 6.15. The second kappa shape index (κ2) is 12.6. The predicted molar refractivity (Wildman–Crippen MR) is 164 cm³/mol. The molecular formula is C34H39N5O3. The summed E-state index contributed by atoms with van der Waals surface area (Å²) in [5.41, 5.74) is 5.78. The van der Waals surface area contributed by atoms with E-state index in [1.54, 1.807) is 12.1 Å². The van der Waals surface area contributed by atoms with Crippen LogP contribution >= 0.6 is 0 Å². The van der Waals surface area contributed by atoms with Crippen LogP contribution in [-0.2, 0) is 13.1 Å². The number of piperazine rings is 1. The van der Waals surface area contributed by atoms with Crippen LogP contribution in [0.25, 0.3) is 11.0 Å². The number of nitrogens with zero attached hydrogens (tertiary/aromatic N) is 5. The SMILES string of the molecule is CN1CCN(Cc2ccc(C(=O)N3CCC(c4cnc5c(ccn5Cc5ccc(C(=O)CO)cc5)c4)CC3)cc2)CC1. The number of piperidine rings is 1. The number of aliphatic hydroxyl groups excluding tert-OH is 1. The molecule has 218 valence electrons. The molecule has 8 heteroatoms. The van der Waals surface area contributed by atoms with Crippen molar-refractivity contribution in [2.24, 2.45) is 0 Å². The number of hydrogen-bond acceptors (Lipinski definition) is 6. The van der Waals surface area contributed by atoms with Crippen LogP contribution in [0.4, 0.5) is 0 Å². The van der Waals surface area contributed by atoms with Gasteiger partial charge in [-0.25, -0.2) is 4.98 Å². The van der Waals surface area contributed by atoms with Gasteiger partial charge in [-0.15, -0.1) is 0 Å². The van der Waals surface area contributed by atoms with Crippen LogP contribution in [0.2, 0.25) is 0 Å². The van der Waals surface area contributed by atoms with Crippen molar-refractivity contribution in [1.29, 1.82) is 0 Å². The van der Waals surface area contributed by atoms with Crippen LogP contribution in [0, 0.1) is 0 Å². The monoisotopic (exact) mass is 565 g/mol. The summed E-state index contributed by atoms with van der Waals surface area (Å²) in [6, 6.07) is 19.9. The lowest BCUT2D eigenvalue weighted by molar-refractivity contribution is 0.0712. The first-order chi connectivity index (χ1) is 20.5. The number of aliphatic hydroxyl groups is 1. The fourth-order valence-electron chi connectivity index (χ4n) is 6.15. The molecule has 6 rings (SSSR count). The maximum absolute atomic E-state index is 13.2. The van der Waals surface area contributed by atoms with Crippen molar-refractivity contribution >= 4 is 22.7 Å². The number of likely N-dealkylation sites (tertiary alicyclic amines) is 1. The number of aromatic nitrogens is 2. The molecule has 4 aromatic rings. The molecule has 4 heterocycles. The van der Waals surface area contributed by atoms with Gasteiger partial charge >= 0.3 is 0 Å². The van der Waals surface area contributed by atoms with Crippen LogP contribution in [0.1, 0.15) is 56.2 Å². The molecule has 2 aliphatic heterocycles. The third-order valence-electron chi connectivity index (χ3n) is 8.85. The highest BCUT2D eigenvalue weighted by Crippen LogP contribution is 2.30. The van der Waals surface area contributed by atoms with Crippen LogP contribution in [-0.4, -0.2) is 94.0 Å². The summed E-state index contributed by atoms with van der Waals surface area (Å²) in [7, 11) is 2.17. The van der Waals surface area contributed by atoms with E-state index in [1.807, 2.05) is 41.6 Å². The minimum Gasteiger partial charge on any atom is -0.388 e. The maximum Gasteiger partial charge on any atom is 0.253 e. The molecule has 2 saturated heterocycles. The Morgan fingerprint density at radius 2 is 1.48 bits per heavy atom. The van der Waals surface area contributed by atoms with Crippen molar-refractivity contribution in [1.82, 2.24) is 24.3 Å². The first-order valence-corrected chi connectivity index (χ1v) is 14.9. The molecule has 8 nitrogen and oxygen atoms in total. The van der Waals surface area contributed by atoms with E-state index >= 15 is 0 Å². The fraction of sp³-hybridized carbons (Fsp3) is 0.382. The smallest absolute Gasteiger partial charge is 0.253 e. The van der Waals surface area contributed by atoms with Crippen LogP contribution in [0.5, 0.6) is 0 Å². The van der Waals surface area contributed by atoms with E-state index in [-0.39, 0.29) is 11.7 Å². The summed E-state index contributed by atoms with van der Waals surface area (Å²) in [5, 5.41) is 10.2. The Labute approximate surface area is 247 Å². The molecule has 2 aromatic heterocycles. The van der Waals surface area contributed by atoms with Gasteiger partial charge < -0.3 is 19.5 Å². The molecule has 0 radical (unpaired) electrons. The lowest BCUT2D eigenvalue weighted by Gasteiger charge is -2.33. The van der Waals surface area contributed by atoms with Gasteiger partial charge in [0.15, 0.2) is 5.78 Å². The molecule has 42 heavy (non-hydrogen) atoms. The second-order valence-electron chi connectivity index (χ2n) is 11.7. The van der Waals surface area contributed by atoms with Gasteiger partial charge in [0.2, 0.25) is 0 Å². The van der Waals surface area contributed by atoms with E-state index in [0.29, 0.717) is 18.0 Å². The Hall–Kier alpha value is -3.85. The lowest BCUT2D eigenvalue weighted by Crippen LogP contribution is -2.43. The lowest BCUT2D eigenvalue weighted by atomic mass is 9.90. The van der Waals surface area contributed by atoms with Crippen molar-refractivity contribution in [3.05, 3.63) is 101 Å². The van der Waals surface area contributed by atoms with Gasteiger partial charge in [-0.05, 0) is 66.8 Å². The summed E-state index contributed by atoms with van der Waals surface area (Å²) in [6.07, 6.45) is 5.90. The molecule has 0 spiro atoms. The first-order valence-electron chi connectivity index (χ1n) is 14.9. The summed E-state index contributed by atoms with van der Waals surface area (Å²) >= 11 is 0. The van der Waals surface area contributed by atoms with E-state index in [4.69, 9.17) is 10.1 Å². The largest absolute Gasteiger partial charge is 0.388 e. The molecule has 2 aliphatic rings. The number of rotatable bonds is 8. The molecule has 1 N–H and O–H groups in total. The maximum atomic E-state index is 13.2. The molecule has 0 atom stereocenters. The first kappa shape index (κ1) is 28.3. The molecule has 0 saturated carbocycles. The van der Waals surface area contributed by atoms with Gasteiger partial charge in [0.05, 0.1) is 0 Å². The van der Waals surface area contributed by atoms with E-state index < -0.39 is 6.61 Å². The number of ketones is 1. The zero-order valence-electron chi connectivity index (χ0n) is 24.3. The number of amides is 1. The summed E-state index contributed by atoms with van der Waals surface area (Å²) in [5.74, 6) is 0.235. The van der Waals surface area contributed by atoms with Crippen molar-refractivity contribution < 1.29 is 14.7 Å². The summed E-state index contributed by atoms with van der Waals surface area (Å²) in [4.78, 5) is 36.6. The average Bonchev–Trinajstić information content (AvgIpc) is 3.44. The predicted octanol–water partition coefficient (Wildman–Crippen LogP) is 4.03. The highest BCUT2D eigenvalue weighted by atomic mass is 16.3. The minimum atomic E-state index is -0.478. The molecule has 0 aliphatic carbocycles. The topological polar surface area (TPSA) is 81.9 Å². The van der Waals surface area contributed by atoms with Crippen LogP contribution < -0.4 is 0 Å². The molecule has 1 amide bonds. The molecule has 0 bridgehead atoms. The van der Waals surface area contributed by atoms with Gasteiger partial charge in [0, 0.05) is 81.3 Å².